The number of likely N-dealkylation sites (tertiary alicyclic amines) is 1. The fourth-order valence-corrected chi connectivity index (χ4v) is 5.58. The number of hydrogen-bond acceptors (Lipinski definition) is 4. The van der Waals surface area contributed by atoms with Crippen LogP contribution in [0.2, 0.25) is 24.2 Å². The van der Waals surface area contributed by atoms with Gasteiger partial charge in [0, 0.05) is 12.8 Å². The van der Waals surface area contributed by atoms with Crippen molar-refractivity contribution in [1.82, 2.24) is 4.90 Å². The zero-order valence-electron chi connectivity index (χ0n) is 12.0. The van der Waals surface area contributed by atoms with Crippen LogP contribution in [0.25, 0.3) is 0 Å². The minimum Gasteiger partial charge on any atom is -0.449 e. The van der Waals surface area contributed by atoms with Crippen molar-refractivity contribution in [3.63, 3.8) is 0 Å². The quantitative estimate of drug-likeness (QED) is 0.556. The van der Waals surface area contributed by atoms with E-state index < -0.39 is 26.0 Å². The number of carbonyl (C=O) groups excluding carboxylic acids is 3. The van der Waals surface area contributed by atoms with E-state index in [-0.39, 0.29) is 12.8 Å². The molecule has 108 valence electrons. The predicted octanol–water partition coefficient (Wildman–Crippen LogP) is 2.78. The standard InChI is InChI=1S/C13H23NO4Si/c1-4-19(5-2,6-3)10-9-18-13(17)14-11(15)7-8-12(14)16/h4-10H2,1-3H3. The van der Waals surface area contributed by atoms with Gasteiger partial charge in [-0.3, -0.25) is 9.59 Å². The number of nitrogens with zero attached hydrogens (tertiary/aromatic N) is 1. The third kappa shape index (κ3) is 3.65. The first-order valence-corrected chi connectivity index (χ1v) is 9.85. The molecule has 0 saturated carbocycles. The van der Waals surface area contributed by atoms with Gasteiger partial charge in [0.15, 0.2) is 0 Å². The zero-order chi connectivity index (χ0) is 14.5. The fourth-order valence-electron chi connectivity index (χ4n) is 2.48. The summed E-state index contributed by atoms with van der Waals surface area (Å²) >= 11 is 0. The molecule has 1 aliphatic heterocycles. The number of imide groups is 3. The molecule has 1 aliphatic rings. The van der Waals surface area contributed by atoms with Gasteiger partial charge in [-0.25, -0.2) is 4.79 Å². The van der Waals surface area contributed by atoms with Crippen molar-refractivity contribution in [1.29, 1.82) is 0 Å². The van der Waals surface area contributed by atoms with Gasteiger partial charge in [0.2, 0.25) is 11.8 Å². The monoisotopic (exact) mass is 285 g/mol. The van der Waals surface area contributed by atoms with Crippen LogP contribution in [0.5, 0.6) is 0 Å². The third-order valence-electron chi connectivity index (χ3n) is 4.34. The molecule has 1 fully saturated rings. The van der Waals surface area contributed by atoms with Gasteiger partial charge in [0.1, 0.15) is 0 Å². The summed E-state index contributed by atoms with van der Waals surface area (Å²) in [6.07, 6.45) is -0.560. The molecule has 0 aliphatic carbocycles. The Morgan fingerprint density at radius 1 is 1.11 bits per heavy atom. The zero-order valence-corrected chi connectivity index (χ0v) is 13.0. The van der Waals surface area contributed by atoms with Gasteiger partial charge in [-0.15, -0.1) is 0 Å². The Hall–Kier alpha value is -1.17. The number of hydrogen-bond donors (Lipinski definition) is 0. The van der Waals surface area contributed by atoms with Crippen molar-refractivity contribution in [3.05, 3.63) is 0 Å². The van der Waals surface area contributed by atoms with E-state index in [1.54, 1.807) is 0 Å². The van der Waals surface area contributed by atoms with Crippen molar-refractivity contribution >= 4 is 26.0 Å². The van der Waals surface area contributed by atoms with Crippen molar-refractivity contribution in [2.75, 3.05) is 6.61 Å². The van der Waals surface area contributed by atoms with Gasteiger partial charge >= 0.3 is 6.09 Å². The van der Waals surface area contributed by atoms with Gasteiger partial charge < -0.3 is 4.74 Å². The molecule has 1 rings (SSSR count). The van der Waals surface area contributed by atoms with Crippen LogP contribution < -0.4 is 0 Å². The van der Waals surface area contributed by atoms with E-state index in [1.165, 1.54) is 18.1 Å². The number of rotatable bonds is 6. The first kappa shape index (κ1) is 15.9. The Bertz CT molecular complexity index is 341. The SMILES string of the molecule is CC[Si](CC)(CC)CCOC(=O)N1C(=O)CCC1=O. The lowest BCUT2D eigenvalue weighted by Crippen LogP contribution is -2.38. The maximum Gasteiger partial charge on any atom is 0.423 e. The van der Waals surface area contributed by atoms with Gasteiger partial charge in [-0.2, -0.15) is 4.90 Å². The molecule has 0 bridgehead atoms. The largest absolute Gasteiger partial charge is 0.449 e. The summed E-state index contributed by atoms with van der Waals surface area (Å²) in [4.78, 5) is 35.1. The Morgan fingerprint density at radius 3 is 2.00 bits per heavy atom. The van der Waals surface area contributed by atoms with Crippen molar-refractivity contribution in [2.45, 2.75) is 57.8 Å². The Balaban J connectivity index is 2.47. The summed E-state index contributed by atoms with van der Waals surface area (Å²) in [5, 5.41) is 0. The smallest absolute Gasteiger partial charge is 0.423 e. The fraction of sp³-hybridized carbons (Fsp3) is 0.769. The van der Waals surface area contributed by atoms with Crippen LogP contribution in [0.1, 0.15) is 33.6 Å². The van der Waals surface area contributed by atoms with Crippen LogP contribution in [0.3, 0.4) is 0 Å². The van der Waals surface area contributed by atoms with Crippen LogP contribution >= 0.6 is 0 Å². The minimum absolute atomic E-state index is 0.117. The van der Waals surface area contributed by atoms with E-state index in [9.17, 15) is 14.4 Å². The van der Waals surface area contributed by atoms with E-state index in [1.807, 2.05) is 0 Å². The second-order valence-electron chi connectivity index (χ2n) is 5.05. The second kappa shape index (κ2) is 6.84. The highest BCUT2D eigenvalue weighted by atomic mass is 28.3. The molecule has 0 aromatic rings. The number of ether oxygens (including phenoxy) is 1. The molecule has 6 heteroatoms. The molecular weight excluding hydrogens is 262 g/mol. The molecule has 1 heterocycles. The highest BCUT2D eigenvalue weighted by molar-refractivity contribution is 6.79. The van der Waals surface area contributed by atoms with Crippen LogP contribution in [0.4, 0.5) is 4.79 Å². The third-order valence-corrected chi connectivity index (χ3v) is 10.1. The summed E-state index contributed by atoms with van der Waals surface area (Å²) in [5.41, 5.74) is 0. The van der Waals surface area contributed by atoms with Crippen LogP contribution in [0.15, 0.2) is 0 Å². The highest BCUT2D eigenvalue weighted by Gasteiger charge is 2.36. The molecule has 5 nitrogen and oxygen atoms in total. The van der Waals surface area contributed by atoms with E-state index in [4.69, 9.17) is 4.74 Å². The molecule has 1 saturated heterocycles. The normalized spacial score (nSPS) is 16.1. The van der Waals surface area contributed by atoms with Gasteiger partial charge in [0.25, 0.3) is 0 Å². The molecule has 0 aromatic carbocycles. The maximum atomic E-state index is 11.7. The van der Waals surface area contributed by atoms with Crippen molar-refractivity contribution < 1.29 is 19.1 Å². The summed E-state index contributed by atoms with van der Waals surface area (Å²) < 4.78 is 5.11. The molecular formula is C13H23NO4Si. The topological polar surface area (TPSA) is 63.7 Å². The van der Waals surface area contributed by atoms with Gasteiger partial charge in [-0.1, -0.05) is 38.9 Å². The van der Waals surface area contributed by atoms with Gasteiger partial charge in [-0.05, 0) is 6.04 Å². The van der Waals surface area contributed by atoms with E-state index >= 15 is 0 Å². The molecule has 0 atom stereocenters. The molecule has 3 amide bonds. The lowest BCUT2D eigenvalue weighted by molar-refractivity contribution is -0.136. The first-order valence-electron chi connectivity index (χ1n) is 7.02. The average Bonchev–Trinajstić information content (AvgIpc) is 2.75. The predicted molar refractivity (Wildman–Crippen MR) is 74.4 cm³/mol. The van der Waals surface area contributed by atoms with Crippen molar-refractivity contribution in [3.8, 4) is 0 Å². The summed E-state index contributed by atoms with van der Waals surface area (Å²) in [6.45, 7) is 6.88. The molecule has 0 unspecified atom stereocenters. The van der Waals surface area contributed by atoms with Crippen LogP contribution in [0, 0.1) is 0 Å². The molecule has 0 aromatic heterocycles. The minimum atomic E-state index is -1.32. The number of amides is 3. The second-order valence-corrected chi connectivity index (χ2v) is 10.7. The lowest BCUT2D eigenvalue weighted by Gasteiger charge is -2.27. The lowest BCUT2D eigenvalue weighted by atomic mass is 10.4. The maximum absolute atomic E-state index is 11.7. The number of carbonyl (C=O) groups is 3. The highest BCUT2D eigenvalue weighted by Crippen LogP contribution is 2.25. The Labute approximate surface area is 115 Å². The van der Waals surface area contributed by atoms with E-state index in [2.05, 4.69) is 20.8 Å². The Kier molecular flexibility index (Phi) is 5.72. The van der Waals surface area contributed by atoms with Gasteiger partial charge in [0.05, 0.1) is 14.7 Å². The van der Waals surface area contributed by atoms with Crippen molar-refractivity contribution in [2.24, 2.45) is 0 Å². The van der Waals surface area contributed by atoms with Crippen LogP contribution in [-0.4, -0.2) is 37.5 Å². The summed E-state index contributed by atoms with van der Waals surface area (Å²) in [5.74, 6) is -0.889. The first-order chi connectivity index (χ1) is 8.99. The molecule has 19 heavy (non-hydrogen) atoms. The summed E-state index contributed by atoms with van der Waals surface area (Å²) in [7, 11) is -1.32. The average molecular weight is 285 g/mol. The molecule has 0 N–H and O–H groups in total. The molecule has 0 spiro atoms. The Morgan fingerprint density at radius 2 is 1.58 bits per heavy atom. The molecule has 0 radical (unpaired) electrons. The van der Waals surface area contributed by atoms with E-state index in [0.29, 0.717) is 11.5 Å². The van der Waals surface area contributed by atoms with E-state index in [0.717, 1.165) is 6.04 Å². The van der Waals surface area contributed by atoms with Crippen LogP contribution in [-0.2, 0) is 14.3 Å². The summed E-state index contributed by atoms with van der Waals surface area (Å²) in [6, 6.07) is 4.40.